The summed E-state index contributed by atoms with van der Waals surface area (Å²) in [5.41, 5.74) is 3.69. The van der Waals surface area contributed by atoms with Crippen molar-refractivity contribution in [3.05, 3.63) is 11.9 Å². The zero-order chi connectivity index (χ0) is 13.9. The van der Waals surface area contributed by atoms with Crippen molar-refractivity contribution in [3.63, 3.8) is 0 Å². The van der Waals surface area contributed by atoms with Gasteiger partial charge in [0.1, 0.15) is 0 Å². The summed E-state index contributed by atoms with van der Waals surface area (Å²) < 4.78 is 24.8. The van der Waals surface area contributed by atoms with E-state index >= 15 is 0 Å². The Morgan fingerprint density at radius 3 is 3.00 bits per heavy atom. The molecule has 3 N–H and O–H groups in total. The SMILES string of the molecule is CCCn1nncc1C(CC1CCS(=O)(=O)C1)NN. The van der Waals surface area contributed by atoms with Crippen molar-refractivity contribution in [2.45, 2.75) is 38.8 Å². The van der Waals surface area contributed by atoms with Gasteiger partial charge in [0.2, 0.25) is 0 Å². The zero-order valence-corrected chi connectivity index (χ0v) is 11.9. The first-order chi connectivity index (χ1) is 9.05. The van der Waals surface area contributed by atoms with Crippen molar-refractivity contribution in [2.75, 3.05) is 11.5 Å². The molecule has 1 aliphatic heterocycles. The highest BCUT2D eigenvalue weighted by molar-refractivity contribution is 7.91. The number of nitrogens with two attached hydrogens (primary N) is 1. The summed E-state index contributed by atoms with van der Waals surface area (Å²) in [5.74, 6) is 6.33. The number of sulfone groups is 1. The standard InChI is InChI=1S/C11H21N5O2S/c1-2-4-16-11(7-13-15-16)10(14-12)6-9-3-5-19(17,18)8-9/h7,9-10,14H,2-6,8,12H2,1H3. The molecule has 2 atom stereocenters. The minimum atomic E-state index is -2.85. The van der Waals surface area contributed by atoms with Gasteiger partial charge < -0.3 is 0 Å². The van der Waals surface area contributed by atoms with Crippen LogP contribution in [0.4, 0.5) is 0 Å². The second kappa shape index (κ2) is 5.98. The van der Waals surface area contributed by atoms with Crippen LogP contribution in [0.1, 0.15) is 37.9 Å². The van der Waals surface area contributed by atoms with E-state index < -0.39 is 9.84 Å². The zero-order valence-electron chi connectivity index (χ0n) is 11.1. The smallest absolute Gasteiger partial charge is 0.150 e. The van der Waals surface area contributed by atoms with E-state index in [-0.39, 0.29) is 17.7 Å². The second-order valence-electron chi connectivity index (χ2n) is 5.11. The lowest BCUT2D eigenvalue weighted by Crippen LogP contribution is -2.31. The normalized spacial score (nSPS) is 23.6. The second-order valence-corrected chi connectivity index (χ2v) is 7.33. The van der Waals surface area contributed by atoms with Gasteiger partial charge in [-0.1, -0.05) is 12.1 Å². The maximum absolute atomic E-state index is 11.5. The predicted molar refractivity (Wildman–Crippen MR) is 71.8 cm³/mol. The Labute approximate surface area is 113 Å². The lowest BCUT2D eigenvalue weighted by atomic mass is 9.98. The van der Waals surface area contributed by atoms with Gasteiger partial charge >= 0.3 is 0 Å². The van der Waals surface area contributed by atoms with Gasteiger partial charge in [-0.15, -0.1) is 5.10 Å². The molecule has 0 spiro atoms. The molecule has 8 heteroatoms. The van der Waals surface area contributed by atoms with Crippen LogP contribution in [-0.4, -0.2) is 34.9 Å². The molecule has 1 aromatic heterocycles. The number of hydrazine groups is 1. The van der Waals surface area contributed by atoms with Crippen LogP contribution in [0.2, 0.25) is 0 Å². The molecule has 2 unspecified atom stereocenters. The lowest BCUT2D eigenvalue weighted by Gasteiger charge is -2.19. The van der Waals surface area contributed by atoms with Crippen LogP contribution in [0, 0.1) is 5.92 Å². The maximum atomic E-state index is 11.5. The topological polar surface area (TPSA) is 103 Å². The van der Waals surface area contributed by atoms with Gasteiger partial charge in [0, 0.05) is 6.54 Å². The van der Waals surface area contributed by atoms with Gasteiger partial charge in [-0.3, -0.25) is 11.3 Å². The molecule has 1 saturated heterocycles. The quantitative estimate of drug-likeness (QED) is 0.564. The summed E-state index contributed by atoms with van der Waals surface area (Å²) in [7, 11) is -2.85. The molecule has 2 heterocycles. The Hall–Kier alpha value is -0.990. The summed E-state index contributed by atoms with van der Waals surface area (Å²) in [6, 6.07) is -0.0974. The minimum absolute atomic E-state index is 0.0974. The number of hydrogen-bond acceptors (Lipinski definition) is 6. The molecule has 19 heavy (non-hydrogen) atoms. The summed E-state index contributed by atoms with van der Waals surface area (Å²) in [6.07, 6.45) is 4.08. The summed E-state index contributed by atoms with van der Waals surface area (Å²) in [5, 5.41) is 7.94. The van der Waals surface area contributed by atoms with Crippen LogP contribution in [0.15, 0.2) is 6.20 Å². The molecule has 1 aromatic rings. The molecule has 1 fully saturated rings. The van der Waals surface area contributed by atoms with E-state index in [0.717, 1.165) is 25.1 Å². The summed E-state index contributed by atoms with van der Waals surface area (Å²) in [4.78, 5) is 0. The molecule has 0 bridgehead atoms. The van der Waals surface area contributed by atoms with Crippen LogP contribution in [-0.2, 0) is 16.4 Å². The number of aryl methyl sites for hydroxylation is 1. The van der Waals surface area contributed by atoms with Crippen LogP contribution in [0.5, 0.6) is 0 Å². The summed E-state index contributed by atoms with van der Waals surface area (Å²) in [6.45, 7) is 2.86. The van der Waals surface area contributed by atoms with E-state index in [1.807, 2.05) is 4.68 Å². The van der Waals surface area contributed by atoms with Gasteiger partial charge in [-0.05, 0) is 25.2 Å². The first kappa shape index (κ1) is 14.4. The molecule has 0 saturated carbocycles. The van der Waals surface area contributed by atoms with Gasteiger partial charge in [0.05, 0.1) is 29.4 Å². The average molecular weight is 287 g/mol. The van der Waals surface area contributed by atoms with Crippen molar-refractivity contribution < 1.29 is 8.42 Å². The molecular weight excluding hydrogens is 266 g/mol. The minimum Gasteiger partial charge on any atom is -0.271 e. The number of rotatable bonds is 6. The molecular formula is C11H21N5O2S. The molecule has 108 valence electrons. The molecule has 2 rings (SSSR count). The lowest BCUT2D eigenvalue weighted by molar-refractivity contribution is 0.393. The largest absolute Gasteiger partial charge is 0.271 e. The van der Waals surface area contributed by atoms with Crippen LogP contribution in [0.25, 0.3) is 0 Å². The van der Waals surface area contributed by atoms with Gasteiger partial charge in [-0.2, -0.15) is 0 Å². The molecule has 0 aromatic carbocycles. The van der Waals surface area contributed by atoms with Crippen LogP contribution in [0.3, 0.4) is 0 Å². The highest BCUT2D eigenvalue weighted by Crippen LogP contribution is 2.28. The fourth-order valence-electron chi connectivity index (χ4n) is 2.59. The molecule has 0 aliphatic carbocycles. The van der Waals surface area contributed by atoms with Crippen molar-refractivity contribution in [2.24, 2.45) is 11.8 Å². The highest BCUT2D eigenvalue weighted by Gasteiger charge is 2.30. The maximum Gasteiger partial charge on any atom is 0.150 e. The fourth-order valence-corrected chi connectivity index (χ4v) is 4.47. The van der Waals surface area contributed by atoms with E-state index in [4.69, 9.17) is 5.84 Å². The van der Waals surface area contributed by atoms with Crippen molar-refractivity contribution in [3.8, 4) is 0 Å². The monoisotopic (exact) mass is 287 g/mol. The van der Waals surface area contributed by atoms with Gasteiger partial charge in [-0.25, -0.2) is 13.1 Å². The number of nitrogens with one attached hydrogen (secondary N) is 1. The Balaban J connectivity index is 2.06. The van der Waals surface area contributed by atoms with E-state index in [0.29, 0.717) is 12.2 Å². The van der Waals surface area contributed by atoms with E-state index in [1.165, 1.54) is 0 Å². The molecule has 0 radical (unpaired) electrons. The Morgan fingerprint density at radius 2 is 2.42 bits per heavy atom. The van der Waals surface area contributed by atoms with Crippen LogP contribution >= 0.6 is 0 Å². The van der Waals surface area contributed by atoms with E-state index in [1.54, 1.807) is 6.20 Å². The fraction of sp³-hybridized carbons (Fsp3) is 0.818. The first-order valence-corrected chi connectivity index (χ1v) is 8.42. The van der Waals surface area contributed by atoms with Crippen molar-refractivity contribution >= 4 is 9.84 Å². The number of hydrogen-bond donors (Lipinski definition) is 2. The van der Waals surface area contributed by atoms with Gasteiger partial charge in [0.25, 0.3) is 0 Å². The first-order valence-electron chi connectivity index (χ1n) is 6.60. The third kappa shape index (κ3) is 3.52. The van der Waals surface area contributed by atoms with Gasteiger partial charge in [0.15, 0.2) is 9.84 Å². The summed E-state index contributed by atoms with van der Waals surface area (Å²) >= 11 is 0. The molecule has 7 nitrogen and oxygen atoms in total. The molecule has 0 amide bonds. The van der Waals surface area contributed by atoms with Crippen molar-refractivity contribution in [1.82, 2.24) is 20.4 Å². The van der Waals surface area contributed by atoms with E-state index in [2.05, 4.69) is 22.7 Å². The highest BCUT2D eigenvalue weighted by atomic mass is 32.2. The predicted octanol–water partition coefficient (Wildman–Crippen LogP) is 0.0173. The molecule has 1 aliphatic rings. The third-order valence-corrected chi connectivity index (χ3v) is 5.37. The third-order valence-electron chi connectivity index (χ3n) is 3.54. The number of nitrogens with zero attached hydrogens (tertiary/aromatic N) is 3. The Bertz CT molecular complexity index is 513. The Kier molecular flexibility index (Phi) is 4.54. The van der Waals surface area contributed by atoms with Crippen LogP contribution < -0.4 is 11.3 Å². The average Bonchev–Trinajstić information content (AvgIpc) is 2.93. The number of aromatic nitrogens is 3. The Morgan fingerprint density at radius 1 is 1.63 bits per heavy atom. The van der Waals surface area contributed by atoms with E-state index in [9.17, 15) is 8.42 Å². The van der Waals surface area contributed by atoms with Crippen molar-refractivity contribution in [1.29, 1.82) is 0 Å².